The lowest BCUT2D eigenvalue weighted by Crippen LogP contribution is -2.44. The molecule has 2 aliphatic rings. The van der Waals surface area contributed by atoms with E-state index in [1.807, 2.05) is 0 Å². The van der Waals surface area contributed by atoms with Crippen molar-refractivity contribution in [1.29, 1.82) is 0 Å². The van der Waals surface area contributed by atoms with Gasteiger partial charge in [0.2, 0.25) is 11.6 Å². The van der Waals surface area contributed by atoms with Gasteiger partial charge in [-0.2, -0.15) is 0 Å². The summed E-state index contributed by atoms with van der Waals surface area (Å²) in [7, 11) is 2.14. The number of hydrogen-bond acceptors (Lipinski definition) is 8. The number of amides is 1. The lowest BCUT2D eigenvalue weighted by Gasteiger charge is -2.34. The molecule has 1 aliphatic carbocycles. The molecule has 0 unspecified atom stereocenters. The summed E-state index contributed by atoms with van der Waals surface area (Å²) >= 11 is 0.960. The molecular weight excluding hydrogens is 438 g/mol. The lowest BCUT2D eigenvalue weighted by atomic mass is 9.93. The molecular formula is C24H23N5O3S. The van der Waals surface area contributed by atoms with Crippen LogP contribution in [0.4, 0.5) is 5.69 Å². The second kappa shape index (κ2) is 8.84. The van der Waals surface area contributed by atoms with Gasteiger partial charge in [-0.1, -0.05) is 12.1 Å². The molecule has 3 heterocycles. The smallest absolute Gasteiger partial charge is 0.280 e. The maximum Gasteiger partial charge on any atom is 0.280 e. The van der Waals surface area contributed by atoms with Crippen molar-refractivity contribution in [3.05, 3.63) is 75.0 Å². The Bertz CT molecular complexity index is 1180. The Labute approximate surface area is 195 Å². The molecule has 33 heavy (non-hydrogen) atoms. The van der Waals surface area contributed by atoms with Crippen molar-refractivity contribution in [2.75, 3.05) is 44.7 Å². The van der Waals surface area contributed by atoms with Crippen LogP contribution < -0.4 is 10.2 Å². The quantitative estimate of drug-likeness (QED) is 0.486. The Morgan fingerprint density at radius 3 is 2.55 bits per heavy atom. The highest BCUT2D eigenvalue weighted by atomic mass is 32.1. The Balaban J connectivity index is 1.19. The van der Waals surface area contributed by atoms with E-state index < -0.39 is 0 Å². The van der Waals surface area contributed by atoms with Gasteiger partial charge in [0.05, 0.1) is 5.56 Å². The Kier molecular flexibility index (Phi) is 5.74. The van der Waals surface area contributed by atoms with Crippen LogP contribution in [0.3, 0.4) is 0 Å². The molecule has 0 atom stereocenters. The van der Waals surface area contributed by atoms with Crippen LogP contribution >= 0.6 is 11.3 Å². The van der Waals surface area contributed by atoms with E-state index in [0.717, 1.165) is 43.1 Å². The number of carbonyl (C=O) groups is 3. The minimum atomic E-state index is -0.383. The van der Waals surface area contributed by atoms with Crippen molar-refractivity contribution in [3.63, 3.8) is 0 Å². The van der Waals surface area contributed by atoms with E-state index in [9.17, 15) is 14.4 Å². The molecule has 3 aromatic rings. The molecule has 2 aromatic heterocycles. The van der Waals surface area contributed by atoms with Crippen LogP contribution in [0, 0.1) is 0 Å². The van der Waals surface area contributed by atoms with Crippen LogP contribution in [-0.2, 0) is 6.42 Å². The number of benzene rings is 1. The summed E-state index contributed by atoms with van der Waals surface area (Å²) in [4.78, 5) is 51.0. The van der Waals surface area contributed by atoms with Crippen molar-refractivity contribution in [2.24, 2.45) is 0 Å². The van der Waals surface area contributed by atoms with Crippen LogP contribution in [0.5, 0.6) is 0 Å². The third kappa shape index (κ3) is 4.17. The zero-order valence-electron chi connectivity index (χ0n) is 18.2. The van der Waals surface area contributed by atoms with E-state index in [2.05, 4.69) is 56.4 Å². The zero-order chi connectivity index (χ0) is 22.9. The number of pyridine rings is 1. The zero-order valence-corrected chi connectivity index (χ0v) is 19.0. The second-order valence-electron chi connectivity index (χ2n) is 8.24. The maximum absolute atomic E-state index is 12.7. The number of hydrogen-bond donors (Lipinski definition) is 1. The molecule has 0 saturated carbocycles. The van der Waals surface area contributed by atoms with Gasteiger partial charge in [0.1, 0.15) is 10.6 Å². The lowest BCUT2D eigenvalue weighted by molar-refractivity contribution is 0.0952. The Morgan fingerprint density at radius 2 is 1.79 bits per heavy atom. The molecule has 168 valence electrons. The number of nitrogens with zero attached hydrogens (tertiary/aromatic N) is 4. The van der Waals surface area contributed by atoms with Gasteiger partial charge in [-0.25, -0.2) is 4.98 Å². The number of nitrogens with one attached hydrogen (secondary N) is 1. The van der Waals surface area contributed by atoms with Gasteiger partial charge in [-0.05, 0) is 37.2 Å². The van der Waals surface area contributed by atoms with Gasteiger partial charge in [0.15, 0.2) is 5.01 Å². The molecule has 1 N–H and O–H groups in total. The van der Waals surface area contributed by atoms with Crippen LogP contribution in [0.15, 0.2) is 42.7 Å². The van der Waals surface area contributed by atoms with E-state index in [1.165, 1.54) is 24.1 Å². The van der Waals surface area contributed by atoms with Crippen molar-refractivity contribution in [1.82, 2.24) is 20.2 Å². The Hall–Kier alpha value is -3.43. The number of carbonyl (C=O) groups excluding carboxylic acids is 3. The number of aromatic nitrogens is 2. The molecule has 9 heteroatoms. The SMILES string of the molecule is CN1CCN(c2ccc(CCNC(=O)c3nc4c(s3)C(=O)c3ccncc3C4=O)cc2)CC1. The fraction of sp³-hybridized carbons (Fsp3) is 0.292. The van der Waals surface area contributed by atoms with E-state index in [-0.39, 0.29) is 38.6 Å². The third-order valence-electron chi connectivity index (χ3n) is 6.06. The molecule has 1 amide bonds. The van der Waals surface area contributed by atoms with Gasteiger partial charge < -0.3 is 15.1 Å². The van der Waals surface area contributed by atoms with E-state index in [4.69, 9.17) is 0 Å². The number of likely N-dealkylation sites (N-methyl/N-ethyl adjacent to an activating group) is 1. The molecule has 0 radical (unpaired) electrons. The summed E-state index contributed by atoms with van der Waals surface area (Å²) in [6, 6.07) is 9.95. The standard InChI is InChI=1S/C24H23N5O3S/c1-28-10-12-29(13-11-28)16-4-2-15(3-5-16)6-9-26-23(32)24-27-19-20(30)18-14-25-8-7-17(18)21(31)22(19)33-24/h2-5,7-8,14H,6,9-13H2,1H3,(H,26,32). The minimum absolute atomic E-state index is 0.0372. The molecule has 0 bridgehead atoms. The van der Waals surface area contributed by atoms with Crippen LogP contribution in [-0.4, -0.2) is 72.1 Å². The van der Waals surface area contributed by atoms with Crippen molar-refractivity contribution in [2.45, 2.75) is 6.42 Å². The van der Waals surface area contributed by atoms with Gasteiger partial charge in [0.25, 0.3) is 5.91 Å². The summed E-state index contributed by atoms with van der Waals surface area (Å²) in [6.45, 7) is 4.61. The summed E-state index contributed by atoms with van der Waals surface area (Å²) in [5.41, 5.74) is 2.91. The van der Waals surface area contributed by atoms with E-state index in [0.29, 0.717) is 18.5 Å². The second-order valence-corrected chi connectivity index (χ2v) is 9.24. The monoisotopic (exact) mass is 461 g/mol. The van der Waals surface area contributed by atoms with Gasteiger partial charge >= 0.3 is 0 Å². The molecule has 1 fully saturated rings. The fourth-order valence-electron chi connectivity index (χ4n) is 4.08. The molecule has 5 rings (SSSR count). The highest BCUT2D eigenvalue weighted by Crippen LogP contribution is 2.30. The summed E-state index contributed by atoms with van der Waals surface area (Å²) in [5.74, 6) is -1.05. The van der Waals surface area contributed by atoms with Crippen LogP contribution in [0.1, 0.15) is 46.7 Å². The number of piperazine rings is 1. The van der Waals surface area contributed by atoms with Crippen molar-refractivity contribution < 1.29 is 14.4 Å². The number of anilines is 1. The third-order valence-corrected chi connectivity index (χ3v) is 7.11. The fourth-order valence-corrected chi connectivity index (χ4v) is 5.02. The van der Waals surface area contributed by atoms with Crippen LogP contribution in [0.25, 0.3) is 0 Å². The first-order valence-corrected chi connectivity index (χ1v) is 11.7. The minimum Gasteiger partial charge on any atom is -0.369 e. The normalized spacial score (nSPS) is 15.8. The number of fused-ring (bicyclic) bond motifs is 2. The first kappa shape index (κ1) is 21.4. The molecule has 1 aromatic carbocycles. The topological polar surface area (TPSA) is 95.5 Å². The summed E-state index contributed by atoms with van der Waals surface area (Å²) in [5, 5.41) is 2.97. The summed E-state index contributed by atoms with van der Waals surface area (Å²) in [6.07, 6.45) is 3.52. The van der Waals surface area contributed by atoms with Crippen molar-refractivity contribution in [3.8, 4) is 0 Å². The molecule has 1 saturated heterocycles. The average Bonchev–Trinajstić information content (AvgIpc) is 3.30. The molecule has 8 nitrogen and oxygen atoms in total. The predicted octanol–water partition coefficient (Wildman–Crippen LogP) is 2.04. The van der Waals surface area contributed by atoms with Crippen LogP contribution in [0.2, 0.25) is 0 Å². The highest BCUT2D eigenvalue weighted by Gasteiger charge is 2.34. The van der Waals surface area contributed by atoms with Gasteiger partial charge in [0, 0.05) is 56.4 Å². The first-order chi connectivity index (χ1) is 16.0. The van der Waals surface area contributed by atoms with Crippen molar-refractivity contribution >= 4 is 34.5 Å². The van der Waals surface area contributed by atoms with Gasteiger partial charge in [-0.3, -0.25) is 19.4 Å². The van der Waals surface area contributed by atoms with E-state index >= 15 is 0 Å². The molecule has 0 spiro atoms. The first-order valence-electron chi connectivity index (χ1n) is 10.9. The number of ketones is 2. The largest absolute Gasteiger partial charge is 0.369 e. The maximum atomic E-state index is 12.7. The highest BCUT2D eigenvalue weighted by molar-refractivity contribution is 7.16. The number of rotatable bonds is 5. The van der Waals surface area contributed by atoms with E-state index in [1.54, 1.807) is 0 Å². The average molecular weight is 462 g/mol. The van der Waals surface area contributed by atoms with Gasteiger partial charge in [-0.15, -0.1) is 11.3 Å². The predicted molar refractivity (Wildman–Crippen MR) is 125 cm³/mol. The molecule has 1 aliphatic heterocycles. The Morgan fingerprint density at radius 1 is 1.03 bits per heavy atom. The number of thiazole rings is 1. The summed E-state index contributed by atoms with van der Waals surface area (Å²) < 4.78 is 0.